The van der Waals surface area contributed by atoms with Crippen molar-refractivity contribution in [1.82, 2.24) is 9.88 Å². The molecule has 5 nitrogen and oxygen atoms in total. The lowest BCUT2D eigenvalue weighted by Crippen LogP contribution is -2.17. The molecule has 2 aromatic carbocycles. The molecular formula is C25H24FN3O2. The van der Waals surface area contributed by atoms with Gasteiger partial charge in [0, 0.05) is 24.5 Å². The molecule has 1 aliphatic carbocycles. The molecule has 1 aliphatic rings. The van der Waals surface area contributed by atoms with E-state index in [1.165, 1.54) is 47.2 Å². The van der Waals surface area contributed by atoms with Crippen LogP contribution in [0.25, 0.3) is 6.08 Å². The predicted molar refractivity (Wildman–Crippen MR) is 120 cm³/mol. The Morgan fingerprint density at radius 3 is 2.61 bits per heavy atom. The Balaban J connectivity index is 1.40. The van der Waals surface area contributed by atoms with Gasteiger partial charge in [-0.15, -0.1) is 0 Å². The maximum atomic E-state index is 13.0. The second kappa shape index (κ2) is 9.10. The van der Waals surface area contributed by atoms with Gasteiger partial charge < -0.3 is 15.0 Å². The summed E-state index contributed by atoms with van der Waals surface area (Å²) in [4.78, 5) is 19.0. The van der Waals surface area contributed by atoms with Gasteiger partial charge in [0.15, 0.2) is 0 Å². The molecular weight excluding hydrogens is 393 g/mol. The van der Waals surface area contributed by atoms with Gasteiger partial charge in [-0.05, 0) is 80.5 Å². The number of aryl methyl sites for hydroxylation is 1. The zero-order chi connectivity index (χ0) is 21.8. The third-order valence-electron chi connectivity index (χ3n) is 5.03. The van der Waals surface area contributed by atoms with Crippen LogP contribution in [0.5, 0.6) is 11.6 Å². The Bertz CT molecular complexity index is 1110. The van der Waals surface area contributed by atoms with E-state index in [9.17, 15) is 9.18 Å². The number of fused-ring (bicyclic) bond motifs is 1. The van der Waals surface area contributed by atoms with E-state index < -0.39 is 0 Å². The highest BCUT2D eigenvalue weighted by Crippen LogP contribution is 2.27. The lowest BCUT2D eigenvalue weighted by atomic mass is 9.91. The van der Waals surface area contributed by atoms with Gasteiger partial charge in [0.1, 0.15) is 11.6 Å². The van der Waals surface area contributed by atoms with Gasteiger partial charge >= 0.3 is 0 Å². The van der Waals surface area contributed by atoms with E-state index in [0.29, 0.717) is 17.2 Å². The Labute approximate surface area is 181 Å². The molecule has 1 amide bonds. The second-order valence-corrected chi connectivity index (χ2v) is 7.85. The minimum atomic E-state index is -0.334. The maximum absolute atomic E-state index is 13.0. The molecule has 0 radical (unpaired) electrons. The third kappa shape index (κ3) is 5.35. The number of nitrogens with one attached hydrogen (secondary N) is 1. The van der Waals surface area contributed by atoms with Crippen LogP contribution >= 0.6 is 0 Å². The summed E-state index contributed by atoms with van der Waals surface area (Å²) in [6.45, 7) is 0.964. The van der Waals surface area contributed by atoms with Gasteiger partial charge in [0.05, 0.1) is 5.56 Å². The molecule has 0 fully saturated rings. The molecule has 4 rings (SSSR count). The van der Waals surface area contributed by atoms with Crippen molar-refractivity contribution < 1.29 is 13.9 Å². The van der Waals surface area contributed by atoms with Crippen LogP contribution in [0.4, 0.5) is 10.1 Å². The van der Waals surface area contributed by atoms with Gasteiger partial charge in [-0.2, -0.15) is 0 Å². The third-order valence-corrected chi connectivity index (χ3v) is 5.03. The molecule has 0 saturated heterocycles. The molecule has 158 valence electrons. The van der Waals surface area contributed by atoms with Crippen LogP contribution in [-0.2, 0) is 6.42 Å². The first kappa shape index (κ1) is 20.8. The molecule has 0 saturated carbocycles. The van der Waals surface area contributed by atoms with Crippen molar-refractivity contribution in [2.75, 3.05) is 26.0 Å². The molecule has 1 aromatic heterocycles. The fraction of sp³-hybridized carbons (Fsp3) is 0.200. The van der Waals surface area contributed by atoms with Gasteiger partial charge in [0.25, 0.3) is 5.91 Å². The first-order valence-electron chi connectivity index (χ1n) is 10.1. The molecule has 0 spiro atoms. The number of aromatic nitrogens is 1. The number of rotatable bonds is 6. The summed E-state index contributed by atoms with van der Waals surface area (Å²) < 4.78 is 18.5. The van der Waals surface area contributed by atoms with Gasteiger partial charge in [-0.1, -0.05) is 17.7 Å². The van der Waals surface area contributed by atoms with E-state index in [1.54, 1.807) is 12.1 Å². The topological polar surface area (TPSA) is 54.5 Å². The van der Waals surface area contributed by atoms with Crippen molar-refractivity contribution in [2.24, 2.45) is 0 Å². The summed E-state index contributed by atoms with van der Waals surface area (Å²) in [6.07, 6.45) is 5.70. The fourth-order valence-electron chi connectivity index (χ4n) is 3.56. The highest BCUT2D eigenvalue weighted by atomic mass is 19.1. The van der Waals surface area contributed by atoms with E-state index in [2.05, 4.69) is 41.4 Å². The van der Waals surface area contributed by atoms with Crippen molar-refractivity contribution in [3.63, 3.8) is 0 Å². The molecule has 1 heterocycles. The Morgan fingerprint density at radius 1 is 1.10 bits per heavy atom. The number of pyridine rings is 1. The summed E-state index contributed by atoms with van der Waals surface area (Å²) in [5.74, 6) is 0.236. The normalized spacial score (nSPS) is 12.8. The zero-order valence-electron chi connectivity index (χ0n) is 17.6. The van der Waals surface area contributed by atoms with Gasteiger partial charge in [0.2, 0.25) is 5.88 Å². The van der Waals surface area contributed by atoms with Crippen LogP contribution in [0.3, 0.4) is 0 Å². The number of amides is 1. The van der Waals surface area contributed by atoms with E-state index >= 15 is 0 Å². The largest absolute Gasteiger partial charge is 0.439 e. The van der Waals surface area contributed by atoms with E-state index in [-0.39, 0.29) is 11.7 Å². The number of anilines is 1. The van der Waals surface area contributed by atoms with E-state index in [4.69, 9.17) is 4.74 Å². The maximum Gasteiger partial charge on any atom is 0.257 e. The van der Waals surface area contributed by atoms with Gasteiger partial charge in [-0.3, -0.25) is 4.79 Å². The summed E-state index contributed by atoms with van der Waals surface area (Å²) in [5, 5.41) is 2.94. The number of halogens is 1. The number of likely N-dealkylation sites (N-methyl/N-ethyl adjacent to an activating group) is 1. The molecule has 3 aromatic rings. The SMILES string of the molecule is CN(C)CC1=Cc2ccc(NC(=O)c3ccc(Oc4ccc(F)cc4)nc3)cc2CC1. The minimum Gasteiger partial charge on any atom is -0.439 e. The van der Waals surface area contributed by atoms with Crippen LogP contribution < -0.4 is 10.1 Å². The second-order valence-electron chi connectivity index (χ2n) is 7.85. The van der Waals surface area contributed by atoms with E-state index in [1.807, 2.05) is 12.1 Å². The fourth-order valence-corrected chi connectivity index (χ4v) is 3.56. The molecule has 0 aliphatic heterocycles. The molecule has 0 atom stereocenters. The lowest BCUT2D eigenvalue weighted by Gasteiger charge is -2.20. The average molecular weight is 417 g/mol. The Kier molecular flexibility index (Phi) is 6.09. The molecule has 6 heteroatoms. The highest BCUT2D eigenvalue weighted by Gasteiger charge is 2.13. The first-order chi connectivity index (χ1) is 15.0. The summed E-state index contributed by atoms with van der Waals surface area (Å²) in [5.41, 5.74) is 5.06. The smallest absolute Gasteiger partial charge is 0.257 e. The number of carbonyl (C=O) groups is 1. The summed E-state index contributed by atoms with van der Waals surface area (Å²) >= 11 is 0. The van der Waals surface area contributed by atoms with Crippen molar-refractivity contribution in [3.8, 4) is 11.6 Å². The van der Waals surface area contributed by atoms with Crippen molar-refractivity contribution in [1.29, 1.82) is 0 Å². The Hall–Kier alpha value is -3.51. The number of ether oxygens (including phenoxy) is 1. The first-order valence-corrected chi connectivity index (χ1v) is 10.1. The number of carbonyl (C=O) groups excluding carboxylic acids is 1. The van der Waals surface area contributed by atoms with Crippen LogP contribution in [-0.4, -0.2) is 36.4 Å². The number of nitrogens with zero attached hydrogens (tertiary/aromatic N) is 2. The average Bonchev–Trinajstić information content (AvgIpc) is 2.75. The summed E-state index contributed by atoms with van der Waals surface area (Å²) in [6, 6.07) is 14.9. The lowest BCUT2D eigenvalue weighted by molar-refractivity contribution is 0.102. The monoisotopic (exact) mass is 417 g/mol. The molecule has 1 N–H and O–H groups in total. The van der Waals surface area contributed by atoms with Gasteiger partial charge in [-0.25, -0.2) is 9.37 Å². The van der Waals surface area contributed by atoms with Crippen molar-refractivity contribution in [3.05, 3.63) is 88.9 Å². The standard InChI is InChI=1S/C25H24FN3O2/c1-29(2)16-17-3-4-19-14-22(9-5-18(19)13-17)28-25(30)20-6-12-24(27-15-20)31-23-10-7-21(26)8-11-23/h5-15H,3-4,16H2,1-2H3,(H,28,30). The quantitative estimate of drug-likeness (QED) is 0.602. The predicted octanol–water partition coefficient (Wildman–Crippen LogP) is 5.16. The van der Waals surface area contributed by atoms with E-state index in [0.717, 1.165) is 25.1 Å². The van der Waals surface area contributed by atoms with Crippen LogP contribution in [0.1, 0.15) is 27.9 Å². The van der Waals surface area contributed by atoms with Crippen molar-refractivity contribution in [2.45, 2.75) is 12.8 Å². The van der Waals surface area contributed by atoms with Crippen LogP contribution in [0, 0.1) is 5.82 Å². The Morgan fingerprint density at radius 2 is 1.90 bits per heavy atom. The highest BCUT2D eigenvalue weighted by molar-refractivity contribution is 6.04. The van der Waals surface area contributed by atoms with Crippen LogP contribution in [0.15, 0.2) is 66.4 Å². The molecule has 0 unspecified atom stereocenters. The van der Waals surface area contributed by atoms with Crippen molar-refractivity contribution >= 4 is 17.7 Å². The van der Waals surface area contributed by atoms with Crippen LogP contribution in [0.2, 0.25) is 0 Å². The minimum absolute atomic E-state index is 0.236. The number of hydrogen-bond donors (Lipinski definition) is 1. The number of benzene rings is 2. The summed E-state index contributed by atoms with van der Waals surface area (Å²) in [7, 11) is 4.15. The zero-order valence-corrected chi connectivity index (χ0v) is 17.6. The molecule has 0 bridgehead atoms. The molecule has 31 heavy (non-hydrogen) atoms. The number of hydrogen-bond acceptors (Lipinski definition) is 4.